The number of hydrogen-bond donors (Lipinski definition) is 1. The van der Waals surface area contributed by atoms with Crippen LogP contribution >= 0.6 is 12.4 Å². The molecule has 0 fully saturated rings. The quantitative estimate of drug-likeness (QED) is 0.802. The third-order valence-electron chi connectivity index (χ3n) is 4.73. The van der Waals surface area contributed by atoms with E-state index in [1.165, 1.54) is 0 Å². The first-order chi connectivity index (χ1) is 12.0. The van der Waals surface area contributed by atoms with Crippen molar-refractivity contribution in [3.63, 3.8) is 0 Å². The van der Waals surface area contributed by atoms with Gasteiger partial charge in [-0.3, -0.25) is 4.79 Å². The lowest BCUT2D eigenvalue weighted by Crippen LogP contribution is -2.38. The maximum atomic E-state index is 12.8. The number of nitrogen functional groups attached to an aromatic ring is 1. The maximum Gasteiger partial charge on any atom is 0.264 e. The Balaban J connectivity index is 0.00000243. The van der Waals surface area contributed by atoms with E-state index in [1.54, 1.807) is 4.90 Å². The smallest absolute Gasteiger partial charge is 0.264 e. The van der Waals surface area contributed by atoms with Crippen LogP contribution in [-0.4, -0.2) is 19.1 Å². The highest BCUT2D eigenvalue weighted by atomic mass is 35.5. The molecule has 0 radical (unpaired) electrons. The van der Waals surface area contributed by atoms with Gasteiger partial charge in [0.15, 0.2) is 6.61 Å². The molecule has 1 heterocycles. The van der Waals surface area contributed by atoms with E-state index in [0.717, 1.165) is 46.7 Å². The molecule has 2 aromatic carbocycles. The zero-order chi connectivity index (χ0) is 18.0. The number of fused-ring (bicyclic) bond motifs is 1. The van der Waals surface area contributed by atoms with Gasteiger partial charge in [-0.05, 0) is 60.6 Å². The normalized spacial score (nSPS) is 13.2. The molecule has 140 valence electrons. The third-order valence-corrected chi connectivity index (χ3v) is 4.73. The van der Waals surface area contributed by atoms with Crippen LogP contribution < -0.4 is 15.4 Å². The van der Waals surface area contributed by atoms with Gasteiger partial charge in [-0.2, -0.15) is 0 Å². The molecule has 0 atom stereocenters. The van der Waals surface area contributed by atoms with Crippen LogP contribution in [0.5, 0.6) is 5.75 Å². The van der Waals surface area contributed by atoms with Gasteiger partial charge in [0.1, 0.15) is 5.75 Å². The third kappa shape index (κ3) is 4.13. The van der Waals surface area contributed by atoms with Crippen molar-refractivity contribution < 1.29 is 9.53 Å². The molecule has 1 amide bonds. The van der Waals surface area contributed by atoms with Crippen molar-refractivity contribution in [2.24, 2.45) is 0 Å². The summed E-state index contributed by atoms with van der Waals surface area (Å²) in [5, 5.41) is 0. The Morgan fingerprint density at radius 3 is 2.77 bits per heavy atom. The van der Waals surface area contributed by atoms with Crippen LogP contribution in [0.4, 0.5) is 11.4 Å². The van der Waals surface area contributed by atoms with Gasteiger partial charge in [-0.1, -0.05) is 32.0 Å². The molecular weight excluding hydrogens is 348 g/mol. The van der Waals surface area contributed by atoms with Crippen molar-refractivity contribution in [2.75, 3.05) is 23.8 Å². The van der Waals surface area contributed by atoms with Crippen LogP contribution in [0, 0.1) is 6.92 Å². The van der Waals surface area contributed by atoms with Crippen molar-refractivity contribution in [3.05, 3.63) is 53.1 Å². The molecule has 0 bridgehead atoms. The molecule has 2 N–H and O–H groups in total. The fourth-order valence-corrected chi connectivity index (χ4v) is 3.37. The molecule has 3 rings (SSSR count). The predicted octanol–water partition coefficient (Wildman–Crippen LogP) is 4.48. The number of nitrogens with zero attached hydrogens (tertiary/aromatic N) is 1. The molecule has 0 aliphatic carbocycles. The van der Waals surface area contributed by atoms with E-state index in [-0.39, 0.29) is 24.9 Å². The number of aryl methyl sites for hydroxylation is 1. The van der Waals surface area contributed by atoms with Crippen LogP contribution in [0.15, 0.2) is 36.4 Å². The SMILES string of the molecule is Cc1ccc(C(C)C)c(OCC(=O)N2CCCc3c(N)cccc32)c1.Cl. The Labute approximate surface area is 161 Å². The highest BCUT2D eigenvalue weighted by molar-refractivity contribution is 5.96. The van der Waals surface area contributed by atoms with Gasteiger partial charge in [0.25, 0.3) is 5.91 Å². The van der Waals surface area contributed by atoms with E-state index in [0.29, 0.717) is 12.5 Å². The fraction of sp³-hybridized carbons (Fsp3) is 0.381. The summed E-state index contributed by atoms with van der Waals surface area (Å²) < 4.78 is 5.92. The van der Waals surface area contributed by atoms with Gasteiger partial charge in [0.05, 0.1) is 0 Å². The first-order valence-electron chi connectivity index (χ1n) is 8.88. The molecule has 26 heavy (non-hydrogen) atoms. The first-order valence-corrected chi connectivity index (χ1v) is 8.88. The topological polar surface area (TPSA) is 55.6 Å². The molecule has 5 heteroatoms. The minimum absolute atomic E-state index is 0. The van der Waals surface area contributed by atoms with E-state index in [4.69, 9.17) is 10.5 Å². The van der Waals surface area contributed by atoms with Crippen molar-refractivity contribution >= 4 is 29.7 Å². The molecule has 0 spiro atoms. The van der Waals surface area contributed by atoms with Crippen molar-refractivity contribution in [3.8, 4) is 5.75 Å². The predicted molar refractivity (Wildman–Crippen MR) is 110 cm³/mol. The zero-order valence-electron chi connectivity index (χ0n) is 15.6. The summed E-state index contributed by atoms with van der Waals surface area (Å²) >= 11 is 0. The summed E-state index contributed by atoms with van der Waals surface area (Å²) in [5.41, 5.74) is 11.1. The number of carbonyl (C=O) groups is 1. The number of benzene rings is 2. The van der Waals surface area contributed by atoms with Crippen LogP contribution in [0.3, 0.4) is 0 Å². The minimum Gasteiger partial charge on any atom is -0.483 e. The zero-order valence-corrected chi connectivity index (χ0v) is 16.4. The summed E-state index contributed by atoms with van der Waals surface area (Å²) in [7, 11) is 0. The van der Waals surface area contributed by atoms with Gasteiger partial charge in [-0.15, -0.1) is 12.4 Å². The Morgan fingerprint density at radius 2 is 2.04 bits per heavy atom. The van der Waals surface area contributed by atoms with E-state index in [1.807, 2.05) is 31.2 Å². The first kappa shape index (κ1) is 20.1. The fourth-order valence-electron chi connectivity index (χ4n) is 3.37. The average Bonchev–Trinajstić information content (AvgIpc) is 2.59. The summed E-state index contributed by atoms with van der Waals surface area (Å²) in [4.78, 5) is 14.6. The van der Waals surface area contributed by atoms with E-state index in [9.17, 15) is 4.79 Å². The van der Waals surface area contributed by atoms with E-state index in [2.05, 4.69) is 26.0 Å². The largest absolute Gasteiger partial charge is 0.483 e. The number of ether oxygens (including phenoxy) is 1. The van der Waals surface area contributed by atoms with Crippen LogP contribution in [0.25, 0.3) is 0 Å². The lowest BCUT2D eigenvalue weighted by molar-refractivity contribution is -0.120. The van der Waals surface area contributed by atoms with Crippen molar-refractivity contribution in [2.45, 2.75) is 39.5 Å². The lowest BCUT2D eigenvalue weighted by Gasteiger charge is -2.30. The van der Waals surface area contributed by atoms with Gasteiger partial charge < -0.3 is 15.4 Å². The Kier molecular flexibility index (Phi) is 6.54. The molecular formula is C21H27ClN2O2. The second-order valence-corrected chi connectivity index (χ2v) is 6.98. The Morgan fingerprint density at radius 1 is 1.27 bits per heavy atom. The second-order valence-electron chi connectivity index (χ2n) is 6.98. The average molecular weight is 375 g/mol. The lowest BCUT2D eigenvalue weighted by atomic mass is 10.00. The minimum atomic E-state index is -0.0252. The molecule has 0 aromatic heterocycles. The summed E-state index contributed by atoms with van der Waals surface area (Å²) in [6.07, 6.45) is 1.84. The second kappa shape index (κ2) is 8.45. The van der Waals surface area contributed by atoms with Gasteiger partial charge in [0, 0.05) is 17.9 Å². The summed E-state index contributed by atoms with van der Waals surface area (Å²) in [5.74, 6) is 1.12. The maximum absolute atomic E-state index is 12.8. The number of amides is 1. The van der Waals surface area contributed by atoms with Crippen LogP contribution in [0.1, 0.15) is 42.9 Å². The van der Waals surface area contributed by atoms with Crippen LogP contribution in [0.2, 0.25) is 0 Å². The summed E-state index contributed by atoms with van der Waals surface area (Å²) in [6, 6.07) is 11.9. The molecule has 4 nitrogen and oxygen atoms in total. The number of anilines is 2. The molecule has 2 aromatic rings. The molecule has 0 saturated carbocycles. The molecule has 1 aliphatic rings. The van der Waals surface area contributed by atoms with Gasteiger partial charge >= 0.3 is 0 Å². The molecule has 0 unspecified atom stereocenters. The van der Waals surface area contributed by atoms with Crippen molar-refractivity contribution in [1.29, 1.82) is 0 Å². The standard InChI is InChI=1S/C21H26N2O2.ClH/c1-14(2)16-10-9-15(3)12-20(16)25-13-21(24)23-11-5-6-17-18(22)7-4-8-19(17)23;/h4,7-10,12,14H,5-6,11,13,22H2,1-3H3;1H. The number of rotatable bonds is 4. The number of hydrogen-bond acceptors (Lipinski definition) is 3. The highest BCUT2D eigenvalue weighted by Crippen LogP contribution is 2.32. The highest BCUT2D eigenvalue weighted by Gasteiger charge is 2.24. The summed E-state index contributed by atoms with van der Waals surface area (Å²) in [6.45, 7) is 7.04. The number of carbonyl (C=O) groups excluding carboxylic acids is 1. The van der Waals surface area contributed by atoms with Gasteiger partial charge in [0.2, 0.25) is 0 Å². The van der Waals surface area contributed by atoms with Gasteiger partial charge in [-0.25, -0.2) is 0 Å². The molecule has 0 saturated heterocycles. The number of halogens is 1. The Bertz CT molecular complexity index is 790. The molecule has 1 aliphatic heterocycles. The monoisotopic (exact) mass is 374 g/mol. The van der Waals surface area contributed by atoms with Crippen LogP contribution in [-0.2, 0) is 11.2 Å². The number of nitrogens with two attached hydrogens (primary N) is 1. The Hall–Kier alpha value is -2.20. The van der Waals surface area contributed by atoms with E-state index < -0.39 is 0 Å². The van der Waals surface area contributed by atoms with E-state index >= 15 is 0 Å². The van der Waals surface area contributed by atoms with Crippen molar-refractivity contribution in [1.82, 2.24) is 0 Å².